The molecule has 114 valence electrons. The van der Waals surface area contributed by atoms with Crippen LogP contribution in [0.15, 0.2) is 23.1 Å². The number of aryl methyl sites for hydroxylation is 2. The summed E-state index contributed by atoms with van der Waals surface area (Å²) >= 11 is 0. The van der Waals surface area contributed by atoms with Gasteiger partial charge in [0.1, 0.15) is 5.75 Å². The van der Waals surface area contributed by atoms with Crippen molar-refractivity contribution >= 4 is 21.5 Å². The maximum atomic E-state index is 12.4. The van der Waals surface area contributed by atoms with Gasteiger partial charge in [0.2, 0.25) is 0 Å². The largest absolute Gasteiger partial charge is 0.496 e. The Morgan fingerprint density at radius 1 is 1.33 bits per heavy atom. The van der Waals surface area contributed by atoms with Crippen molar-refractivity contribution in [3.8, 4) is 5.75 Å². The first-order valence-electron chi connectivity index (χ1n) is 6.23. The van der Waals surface area contributed by atoms with Gasteiger partial charge in [0.05, 0.1) is 12.8 Å². The molecule has 0 aliphatic rings. The molecule has 0 saturated heterocycles. The highest BCUT2D eigenvalue weighted by molar-refractivity contribution is 7.93. The van der Waals surface area contributed by atoms with Gasteiger partial charge in [-0.1, -0.05) is 0 Å². The minimum Gasteiger partial charge on any atom is -0.496 e. The zero-order valence-corrected chi connectivity index (χ0v) is 13.2. The molecule has 0 aliphatic heterocycles. The molecule has 1 heterocycles. The van der Waals surface area contributed by atoms with Gasteiger partial charge in [-0.2, -0.15) is 5.10 Å². The highest BCUT2D eigenvalue weighted by Gasteiger charge is 2.24. The second-order valence-electron chi connectivity index (χ2n) is 4.71. The number of ether oxygens (including phenoxy) is 1. The Kier molecular flexibility index (Phi) is 3.82. The number of benzene rings is 1. The number of hydrogen-bond donors (Lipinski definition) is 2. The van der Waals surface area contributed by atoms with Crippen LogP contribution in [0.5, 0.6) is 5.75 Å². The van der Waals surface area contributed by atoms with Crippen LogP contribution in [0.2, 0.25) is 0 Å². The number of nitrogens with two attached hydrogens (primary N) is 1. The molecule has 1 aromatic carbocycles. The Labute approximate surface area is 123 Å². The molecule has 3 N–H and O–H groups in total. The molecule has 0 saturated carbocycles. The molecule has 2 aromatic rings. The quantitative estimate of drug-likeness (QED) is 0.890. The third-order valence-corrected chi connectivity index (χ3v) is 4.77. The van der Waals surface area contributed by atoms with E-state index in [2.05, 4.69) is 9.82 Å². The van der Waals surface area contributed by atoms with Crippen molar-refractivity contribution in [3.05, 3.63) is 29.5 Å². The maximum Gasteiger partial charge on any atom is 0.267 e. The van der Waals surface area contributed by atoms with E-state index in [-0.39, 0.29) is 10.7 Å². The molecule has 8 heteroatoms. The van der Waals surface area contributed by atoms with Crippen LogP contribution in [-0.4, -0.2) is 25.3 Å². The molecule has 0 fully saturated rings. The molecule has 0 aliphatic carbocycles. The van der Waals surface area contributed by atoms with E-state index in [0.29, 0.717) is 17.1 Å². The van der Waals surface area contributed by atoms with Crippen LogP contribution < -0.4 is 15.2 Å². The lowest BCUT2D eigenvalue weighted by Gasteiger charge is -2.10. The molecular formula is C13H18N4O3S. The molecule has 0 atom stereocenters. The summed E-state index contributed by atoms with van der Waals surface area (Å²) in [6.45, 7) is 3.48. The minimum atomic E-state index is -3.79. The average molecular weight is 310 g/mol. The summed E-state index contributed by atoms with van der Waals surface area (Å²) in [4.78, 5) is -0.00142. The highest BCUT2D eigenvalue weighted by atomic mass is 32.2. The maximum absolute atomic E-state index is 12.4. The number of aromatic nitrogens is 2. The summed E-state index contributed by atoms with van der Waals surface area (Å²) in [5.41, 5.74) is 7.43. The number of hydrogen-bond acceptors (Lipinski definition) is 5. The Bertz CT molecular complexity index is 781. The van der Waals surface area contributed by atoms with Gasteiger partial charge in [-0.3, -0.25) is 9.40 Å². The lowest BCUT2D eigenvalue weighted by Crippen LogP contribution is -2.15. The zero-order valence-electron chi connectivity index (χ0n) is 12.3. The second kappa shape index (κ2) is 5.28. The smallest absolute Gasteiger partial charge is 0.267 e. The van der Waals surface area contributed by atoms with E-state index in [1.165, 1.54) is 4.68 Å². The molecular weight excluding hydrogens is 292 g/mol. The first-order valence-corrected chi connectivity index (χ1v) is 7.71. The van der Waals surface area contributed by atoms with E-state index < -0.39 is 10.0 Å². The topological polar surface area (TPSA) is 99.2 Å². The molecule has 0 radical (unpaired) electrons. The fourth-order valence-electron chi connectivity index (χ4n) is 2.09. The van der Waals surface area contributed by atoms with E-state index >= 15 is 0 Å². The van der Waals surface area contributed by atoms with E-state index in [1.54, 1.807) is 39.3 Å². The van der Waals surface area contributed by atoms with Crippen LogP contribution in [0.4, 0.5) is 11.5 Å². The standard InChI is InChI=1S/C13H18N4O3S/c1-8-7-10(5-6-11(8)20-4)16-21(18,19)12-9(2)17(3)15-13(12)14/h5-7,16H,1-4H3,(H2,14,15). The third-order valence-electron chi connectivity index (χ3n) is 3.22. The van der Waals surface area contributed by atoms with Crippen LogP contribution in [0.25, 0.3) is 0 Å². The molecule has 7 nitrogen and oxygen atoms in total. The Morgan fingerprint density at radius 2 is 2.00 bits per heavy atom. The molecule has 0 bridgehead atoms. The van der Waals surface area contributed by atoms with Gasteiger partial charge >= 0.3 is 0 Å². The van der Waals surface area contributed by atoms with Gasteiger partial charge in [0.15, 0.2) is 10.7 Å². The number of nitrogens with one attached hydrogen (secondary N) is 1. The van der Waals surface area contributed by atoms with Crippen LogP contribution >= 0.6 is 0 Å². The lowest BCUT2D eigenvalue weighted by molar-refractivity contribution is 0.412. The summed E-state index contributed by atoms with van der Waals surface area (Å²) in [5.74, 6) is 0.669. The number of nitrogens with zero attached hydrogens (tertiary/aromatic N) is 2. The lowest BCUT2D eigenvalue weighted by atomic mass is 10.2. The predicted molar refractivity (Wildman–Crippen MR) is 80.9 cm³/mol. The van der Waals surface area contributed by atoms with Gasteiger partial charge in [-0.05, 0) is 37.6 Å². The number of rotatable bonds is 4. The van der Waals surface area contributed by atoms with E-state index in [9.17, 15) is 8.42 Å². The van der Waals surface area contributed by atoms with Gasteiger partial charge in [0, 0.05) is 12.7 Å². The summed E-state index contributed by atoms with van der Waals surface area (Å²) in [6.07, 6.45) is 0. The minimum absolute atomic E-state index is 0.00142. The first-order chi connectivity index (χ1) is 9.76. The van der Waals surface area contributed by atoms with Gasteiger partial charge in [0.25, 0.3) is 10.0 Å². The number of nitrogen functional groups attached to an aromatic ring is 1. The third kappa shape index (κ3) is 2.80. The number of methoxy groups -OCH3 is 1. The number of sulfonamides is 1. The second-order valence-corrected chi connectivity index (χ2v) is 6.33. The van der Waals surface area contributed by atoms with E-state index in [0.717, 1.165) is 5.56 Å². The number of anilines is 2. The Morgan fingerprint density at radius 3 is 2.48 bits per heavy atom. The predicted octanol–water partition coefficient (Wildman–Crippen LogP) is 1.43. The molecule has 1 aromatic heterocycles. The zero-order chi connectivity index (χ0) is 15.8. The van der Waals surface area contributed by atoms with Crippen LogP contribution in [0, 0.1) is 13.8 Å². The SMILES string of the molecule is COc1ccc(NS(=O)(=O)c2c(N)nn(C)c2C)cc1C. The molecule has 21 heavy (non-hydrogen) atoms. The first kappa shape index (κ1) is 15.2. The van der Waals surface area contributed by atoms with E-state index in [1.807, 2.05) is 6.92 Å². The Hall–Kier alpha value is -2.22. The summed E-state index contributed by atoms with van der Waals surface area (Å²) in [6, 6.07) is 5.02. The average Bonchev–Trinajstić information content (AvgIpc) is 2.63. The van der Waals surface area contributed by atoms with Crippen molar-refractivity contribution in [2.75, 3.05) is 17.6 Å². The van der Waals surface area contributed by atoms with E-state index in [4.69, 9.17) is 10.5 Å². The van der Waals surface area contributed by atoms with Crippen LogP contribution in [0.3, 0.4) is 0 Å². The van der Waals surface area contributed by atoms with Crippen molar-refractivity contribution in [2.45, 2.75) is 18.7 Å². The fourth-order valence-corrected chi connectivity index (χ4v) is 3.47. The van der Waals surface area contributed by atoms with Crippen molar-refractivity contribution in [1.82, 2.24) is 9.78 Å². The molecule has 0 unspecified atom stereocenters. The van der Waals surface area contributed by atoms with Gasteiger partial charge in [-0.25, -0.2) is 8.42 Å². The fraction of sp³-hybridized carbons (Fsp3) is 0.308. The summed E-state index contributed by atoms with van der Waals surface area (Å²) in [5, 5.41) is 3.92. The monoisotopic (exact) mass is 310 g/mol. The Balaban J connectivity index is 2.40. The molecule has 0 spiro atoms. The van der Waals surface area contributed by atoms with Gasteiger partial charge in [-0.15, -0.1) is 0 Å². The summed E-state index contributed by atoms with van der Waals surface area (Å²) in [7, 11) is -0.587. The molecule has 2 rings (SSSR count). The van der Waals surface area contributed by atoms with Crippen molar-refractivity contribution in [1.29, 1.82) is 0 Å². The van der Waals surface area contributed by atoms with Gasteiger partial charge < -0.3 is 10.5 Å². The van der Waals surface area contributed by atoms with Crippen molar-refractivity contribution in [3.63, 3.8) is 0 Å². The van der Waals surface area contributed by atoms with Crippen LogP contribution in [0.1, 0.15) is 11.3 Å². The normalized spacial score (nSPS) is 11.4. The highest BCUT2D eigenvalue weighted by Crippen LogP contribution is 2.26. The van der Waals surface area contributed by atoms with Crippen molar-refractivity contribution in [2.24, 2.45) is 7.05 Å². The van der Waals surface area contributed by atoms with Crippen LogP contribution in [-0.2, 0) is 17.1 Å². The van der Waals surface area contributed by atoms with Crippen molar-refractivity contribution < 1.29 is 13.2 Å². The molecule has 0 amide bonds. The summed E-state index contributed by atoms with van der Waals surface area (Å²) < 4.78 is 34.0.